The number of hydrogen-bond acceptors (Lipinski definition) is 4. The molecule has 1 saturated heterocycles. The summed E-state index contributed by atoms with van der Waals surface area (Å²) in [4.78, 5) is 11.0. The third kappa shape index (κ3) is 2.26. The molecule has 94 valence electrons. The van der Waals surface area contributed by atoms with Gasteiger partial charge in [-0.2, -0.15) is 4.31 Å². The van der Waals surface area contributed by atoms with E-state index in [1.807, 2.05) is 0 Å². The monoisotopic (exact) mass is 339 g/mol. The summed E-state index contributed by atoms with van der Waals surface area (Å²) in [7, 11) is -3.70. The zero-order valence-electron chi connectivity index (χ0n) is 8.67. The Morgan fingerprint density at radius 3 is 2.82 bits per heavy atom. The van der Waals surface area contributed by atoms with Crippen LogP contribution >= 0.6 is 27.3 Å². The van der Waals surface area contributed by atoms with Gasteiger partial charge < -0.3 is 5.11 Å². The van der Waals surface area contributed by atoms with Gasteiger partial charge in [0.25, 0.3) is 10.0 Å². The van der Waals surface area contributed by atoms with E-state index in [-0.39, 0.29) is 10.8 Å². The molecule has 2 rings (SSSR count). The van der Waals surface area contributed by atoms with Gasteiger partial charge in [-0.15, -0.1) is 11.3 Å². The van der Waals surface area contributed by atoms with Crippen molar-refractivity contribution in [3.05, 3.63) is 15.9 Å². The van der Waals surface area contributed by atoms with Crippen LogP contribution in [0, 0.1) is 0 Å². The maximum Gasteiger partial charge on any atom is 0.322 e. The Hall–Kier alpha value is -0.440. The summed E-state index contributed by atoms with van der Waals surface area (Å²) >= 11 is 4.25. The minimum absolute atomic E-state index is 0.172. The van der Waals surface area contributed by atoms with Crippen molar-refractivity contribution < 1.29 is 18.3 Å². The van der Waals surface area contributed by atoms with Crippen molar-refractivity contribution in [3.8, 4) is 0 Å². The second-order valence-electron chi connectivity index (χ2n) is 3.67. The van der Waals surface area contributed by atoms with E-state index in [1.165, 1.54) is 0 Å². The molecule has 1 aliphatic rings. The highest BCUT2D eigenvalue weighted by Gasteiger charge is 2.40. The second-order valence-corrected chi connectivity index (χ2v) is 7.52. The molecule has 0 spiro atoms. The Labute approximate surface area is 111 Å². The summed E-state index contributed by atoms with van der Waals surface area (Å²) in [6, 6.07) is 0.706. The molecular weight excluding hydrogens is 330 g/mol. The molecule has 2 heterocycles. The number of carbonyl (C=O) groups is 1. The molecule has 1 aromatic heterocycles. The average Bonchev–Trinajstić information content (AvgIpc) is 2.84. The normalized spacial score (nSPS) is 21.8. The van der Waals surface area contributed by atoms with Crippen LogP contribution in [0.15, 0.2) is 20.1 Å². The lowest BCUT2D eigenvalue weighted by molar-refractivity contribution is -0.140. The zero-order valence-corrected chi connectivity index (χ0v) is 11.9. The van der Waals surface area contributed by atoms with E-state index in [0.717, 1.165) is 15.6 Å². The Morgan fingerprint density at radius 2 is 2.29 bits per heavy atom. The fourth-order valence-electron chi connectivity index (χ4n) is 1.85. The lowest BCUT2D eigenvalue weighted by atomic mass is 10.2. The molecule has 8 heteroatoms. The molecule has 0 bridgehead atoms. The maximum atomic E-state index is 12.3. The molecule has 0 amide bonds. The van der Waals surface area contributed by atoms with Crippen molar-refractivity contribution in [1.29, 1.82) is 0 Å². The van der Waals surface area contributed by atoms with Crippen molar-refractivity contribution >= 4 is 43.3 Å². The quantitative estimate of drug-likeness (QED) is 0.910. The Kier molecular flexibility index (Phi) is 3.58. The topological polar surface area (TPSA) is 74.7 Å². The van der Waals surface area contributed by atoms with Gasteiger partial charge in [0.1, 0.15) is 10.3 Å². The van der Waals surface area contributed by atoms with Crippen LogP contribution in [0.2, 0.25) is 0 Å². The molecule has 1 aliphatic heterocycles. The molecule has 0 saturated carbocycles. The largest absolute Gasteiger partial charge is 0.480 e. The number of thiophene rings is 1. The van der Waals surface area contributed by atoms with Crippen molar-refractivity contribution in [2.45, 2.75) is 23.1 Å². The Morgan fingerprint density at radius 1 is 1.59 bits per heavy atom. The third-order valence-electron chi connectivity index (χ3n) is 2.62. The predicted octanol–water partition coefficient (Wildman–Crippen LogP) is 1.75. The number of carboxylic acid groups (broad SMARTS) is 1. The van der Waals surface area contributed by atoms with Gasteiger partial charge in [-0.1, -0.05) is 0 Å². The average molecular weight is 340 g/mol. The molecule has 17 heavy (non-hydrogen) atoms. The second kappa shape index (κ2) is 4.68. The first-order chi connectivity index (χ1) is 7.94. The summed E-state index contributed by atoms with van der Waals surface area (Å²) in [6.07, 6.45) is 0.955. The first kappa shape index (κ1) is 13.0. The van der Waals surface area contributed by atoms with Crippen LogP contribution in [0.4, 0.5) is 0 Å². The number of nitrogens with zero attached hydrogens (tertiary/aromatic N) is 1. The van der Waals surface area contributed by atoms with E-state index in [9.17, 15) is 13.2 Å². The summed E-state index contributed by atoms with van der Waals surface area (Å²) in [5.41, 5.74) is 0. The molecule has 0 unspecified atom stereocenters. The van der Waals surface area contributed by atoms with E-state index >= 15 is 0 Å². The lowest BCUT2D eigenvalue weighted by Crippen LogP contribution is -2.40. The first-order valence-corrected chi connectivity index (χ1v) is 8.03. The van der Waals surface area contributed by atoms with Crippen LogP contribution in [0.5, 0.6) is 0 Å². The summed E-state index contributed by atoms with van der Waals surface area (Å²) in [6.45, 7) is 0.268. The number of aliphatic carboxylic acids is 1. The molecule has 1 N–H and O–H groups in total. The number of carboxylic acids is 1. The number of sulfonamides is 1. The van der Waals surface area contributed by atoms with Gasteiger partial charge in [-0.3, -0.25) is 4.79 Å². The van der Waals surface area contributed by atoms with Gasteiger partial charge in [0.05, 0.1) is 0 Å². The predicted molar refractivity (Wildman–Crippen MR) is 66.6 cm³/mol. The van der Waals surface area contributed by atoms with Crippen molar-refractivity contribution in [2.75, 3.05) is 6.54 Å². The SMILES string of the molecule is O=C(O)[C@@H]1CCCN1S(=O)(=O)c1sccc1Br. The van der Waals surface area contributed by atoms with Crippen molar-refractivity contribution in [1.82, 2.24) is 4.31 Å². The molecule has 1 fully saturated rings. The van der Waals surface area contributed by atoms with E-state index < -0.39 is 22.0 Å². The van der Waals surface area contributed by atoms with E-state index in [2.05, 4.69) is 15.9 Å². The van der Waals surface area contributed by atoms with E-state index in [1.54, 1.807) is 11.4 Å². The van der Waals surface area contributed by atoms with Gasteiger partial charge in [0, 0.05) is 11.0 Å². The van der Waals surface area contributed by atoms with Crippen molar-refractivity contribution in [3.63, 3.8) is 0 Å². The van der Waals surface area contributed by atoms with Gasteiger partial charge in [0.2, 0.25) is 0 Å². The summed E-state index contributed by atoms with van der Waals surface area (Å²) in [5.74, 6) is -1.08. The molecule has 1 atom stereocenters. The zero-order chi connectivity index (χ0) is 12.6. The standard InChI is InChI=1S/C9H10BrNO4S2/c10-6-3-5-16-9(6)17(14,15)11-4-1-2-7(11)8(12)13/h3,5,7H,1-2,4H2,(H,12,13)/t7-/m0/s1. The molecule has 0 radical (unpaired) electrons. The Bertz CT molecular complexity index is 539. The summed E-state index contributed by atoms with van der Waals surface area (Å²) < 4.78 is 26.3. The van der Waals surface area contributed by atoms with Gasteiger partial charge in [-0.05, 0) is 40.2 Å². The fraction of sp³-hybridized carbons (Fsp3) is 0.444. The van der Waals surface area contributed by atoms with E-state index in [4.69, 9.17) is 5.11 Å². The van der Waals surface area contributed by atoms with Crippen LogP contribution in [0.3, 0.4) is 0 Å². The van der Waals surface area contributed by atoms with Gasteiger partial charge in [0.15, 0.2) is 0 Å². The number of hydrogen-bond donors (Lipinski definition) is 1. The third-order valence-corrected chi connectivity index (χ3v) is 7.17. The highest BCUT2D eigenvalue weighted by atomic mass is 79.9. The smallest absolute Gasteiger partial charge is 0.322 e. The fourth-order valence-corrected chi connectivity index (χ4v) is 5.92. The van der Waals surface area contributed by atoms with E-state index in [0.29, 0.717) is 17.3 Å². The maximum absolute atomic E-state index is 12.3. The number of halogens is 1. The summed E-state index contributed by atoms with van der Waals surface area (Å²) in [5, 5.41) is 10.7. The van der Waals surface area contributed by atoms with Gasteiger partial charge in [-0.25, -0.2) is 8.42 Å². The van der Waals surface area contributed by atoms with Gasteiger partial charge >= 0.3 is 5.97 Å². The Balaban J connectivity index is 2.40. The molecule has 1 aromatic rings. The van der Waals surface area contributed by atoms with Crippen LogP contribution in [-0.2, 0) is 14.8 Å². The molecule has 0 aromatic carbocycles. The van der Waals surface area contributed by atoms with Crippen LogP contribution in [-0.4, -0.2) is 36.4 Å². The highest BCUT2D eigenvalue weighted by Crippen LogP contribution is 2.33. The first-order valence-electron chi connectivity index (χ1n) is 4.92. The molecule has 5 nitrogen and oxygen atoms in total. The molecule has 0 aliphatic carbocycles. The van der Waals surface area contributed by atoms with Crippen molar-refractivity contribution in [2.24, 2.45) is 0 Å². The molecular formula is C9H10BrNO4S2. The highest BCUT2D eigenvalue weighted by molar-refractivity contribution is 9.10. The lowest BCUT2D eigenvalue weighted by Gasteiger charge is -2.20. The van der Waals surface area contributed by atoms with Crippen LogP contribution < -0.4 is 0 Å². The minimum atomic E-state index is -3.70. The minimum Gasteiger partial charge on any atom is -0.480 e. The van der Waals surface area contributed by atoms with Crippen LogP contribution in [0.25, 0.3) is 0 Å². The number of rotatable bonds is 3. The van der Waals surface area contributed by atoms with Crippen LogP contribution in [0.1, 0.15) is 12.8 Å².